The molecule has 0 atom stereocenters. The number of aryl methyl sites for hydroxylation is 2. The summed E-state index contributed by atoms with van der Waals surface area (Å²) in [7, 11) is 0. The maximum Gasteiger partial charge on any atom is 0.395 e. The molecule has 254 valence electrons. The number of carbonyl (C=O) groups is 2. The molecule has 0 unspecified atom stereocenters. The second-order valence-electron chi connectivity index (χ2n) is 13.1. The first-order valence-electron chi connectivity index (χ1n) is 15.7. The van der Waals surface area contributed by atoms with Crippen molar-refractivity contribution in [2.75, 3.05) is 11.9 Å². The molecule has 7 nitrogen and oxygen atoms in total. The van der Waals surface area contributed by atoms with E-state index < -0.39 is 46.4 Å². The number of nitrogens with zero attached hydrogens (tertiary/aromatic N) is 3. The van der Waals surface area contributed by atoms with Crippen molar-refractivity contribution in [1.82, 2.24) is 20.0 Å². The van der Waals surface area contributed by atoms with E-state index in [4.69, 9.17) is 5.10 Å². The Morgan fingerprint density at radius 2 is 1.54 bits per heavy atom. The highest BCUT2D eigenvalue weighted by molar-refractivity contribution is 6.08. The predicted molar refractivity (Wildman–Crippen MR) is 174 cm³/mol. The van der Waals surface area contributed by atoms with E-state index in [1.165, 1.54) is 12.1 Å². The Balaban J connectivity index is 1.61. The van der Waals surface area contributed by atoms with E-state index in [0.717, 1.165) is 37.1 Å². The number of fused-ring (bicyclic) bond motifs is 1. The van der Waals surface area contributed by atoms with Gasteiger partial charge >= 0.3 is 12.2 Å². The Morgan fingerprint density at radius 1 is 0.917 bits per heavy atom. The molecule has 0 bridgehead atoms. The van der Waals surface area contributed by atoms with Gasteiger partial charge in [0.15, 0.2) is 0 Å². The normalized spacial score (nSPS) is 14.6. The number of nitrogens with one attached hydrogen (secondary N) is 2. The van der Waals surface area contributed by atoms with Gasteiger partial charge in [-0.05, 0) is 69.9 Å². The number of halogens is 5. The van der Waals surface area contributed by atoms with Crippen LogP contribution in [0.3, 0.4) is 0 Å². The monoisotopic (exact) mass is 667 g/mol. The summed E-state index contributed by atoms with van der Waals surface area (Å²) in [4.78, 5) is 26.6. The number of alkyl halides is 3. The summed E-state index contributed by atoms with van der Waals surface area (Å²) >= 11 is 0. The Morgan fingerprint density at radius 3 is 2.12 bits per heavy atom. The number of benzene rings is 3. The molecule has 1 aliphatic heterocycles. The van der Waals surface area contributed by atoms with E-state index in [2.05, 4.69) is 10.6 Å². The largest absolute Gasteiger partial charge is 0.395 e. The molecule has 0 saturated carbocycles. The minimum atomic E-state index is -4.47. The molecule has 3 amide bonds. The van der Waals surface area contributed by atoms with Crippen molar-refractivity contribution in [3.05, 3.63) is 100 Å². The lowest BCUT2D eigenvalue weighted by molar-refractivity contribution is -0.220. The van der Waals surface area contributed by atoms with E-state index in [9.17, 15) is 22.8 Å². The fraction of sp³-hybridized carbons (Fsp3) is 0.361. The fourth-order valence-corrected chi connectivity index (χ4v) is 6.12. The van der Waals surface area contributed by atoms with E-state index >= 15 is 8.78 Å². The van der Waals surface area contributed by atoms with Crippen LogP contribution in [0.5, 0.6) is 0 Å². The summed E-state index contributed by atoms with van der Waals surface area (Å²) in [5.41, 5.74) is 0.159. The zero-order valence-corrected chi connectivity index (χ0v) is 27.6. The first-order chi connectivity index (χ1) is 22.5. The summed E-state index contributed by atoms with van der Waals surface area (Å²) in [5, 5.41) is 9.23. The molecule has 2 N–H and O–H groups in total. The van der Waals surface area contributed by atoms with Crippen LogP contribution in [0.4, 0.5) is 32.4 Å². The smallest absolute Gasteiger partial charge is 0.305 e. The van der Waals surface area contributed by atoms with Crippen LogP contribution in [0.1, 0.15) is 74.3 Å². The van der Waals surface area contributed by atoms with Crippen molar-refractivity contribution < 1.29 is 31.5 Å². The third kappa shape index (κ3) is 6.33. The molecular formula is C36H38F5N5O2. The summed E-state index contributed by atoms with van der Waals surface area (Å²) in [6.45, 7) is 9.42. The van der Waals surface area contributed by atoms with Crippen LogP contribution in [0.2, 0.25) is 0 Å². The number of aromatic nitrogens is 2. The molecule has 12 heteroatoms. The van der Waals surface area contributed by atoms with Gasteiger partial charge in [0, 0.05) is 35.8 Å². The summed E-state index contributed by atoms with van der Waals surface area (Å²) in [6.07, 6.45) is -3.25. The lowest BCUT2D eigenvalue weighted by atomic mass is 9.90. The Kier molecular flexibility index (Phi) is 9.26. The van der Waals surface area contributed by atoms with Crippen molar-refractivity contribution in [2.24, 2.45) is 5.41 Å². The Bertz CT molecular complexity index is 1840. The van der Waals surface area contributed by atoms with Crippen molar-refractivity contribution in [3.8, 4) is 16.9 Å². The van der Waals surface area contributed by atoms with Crippen LogP contribution >= 0.6 is 0 Å². The number of urea groups is 1. The molecule has 3 aromatic carbocycles. The number of amides is 3. The van der Waals surface area contributed by atoms with Gasteiger partial charge in [-0.2, -0.15) is 18.3 Å². The van der Waals surface area contributed by atoms with E-state index in [-0.39, 0.29) is 29.9 Å². The lowest BCUT2D eigenvalue weighted by Crippen LogP contribution is -2.47. The first-order valence-corrected chi connectivity index (χ1v) is 15.7. The molecule has 0 aliphatic carbocycles. The molecule has 0 fully saturated rings. The molecule has 0 spiro atoms. The number of carbonyl (C=O) groups excluding carboxylic acids is 2. The Hall–Kier alpha value is -4.58. The lowest BCUT2D eigenvalue weighted by Gasteiger charge is -2.39. The molecule has 1 aromatic heterocycles. The van der Waals surface area contributed by atoms with Crippen LogP contribution < -0.4 is 10.6 Å². The Labute approximate surface area is 276 Å². The number of rotatable bonds is 8. The molecule has 2 heterocycles. The van der Waals surface area contributed by atoms with Crippen molar-refractivity contribution in [3.63, 3.8) is 0 Å². The van der Waals surface area contributed by atoms with Crippen molar-refractivity contribution in [2.45, 2.75) is 72.6 Å². The SMILES string of the molecule is CCc1cccc(CC)c1-n1nc2c(c1-c1cc(F)c(NC(=O)NC(=O)c3ccccc3)cc1F)CN(CC(C)(C)C(F)(F)F)C2(C)C. The van der Waals surface area contributed by atoms with Gasteiger partial charge in [-0.15, -0.1) is 0 Å². The summed E-state index contributed by atoms with van der Waals surface area (Å²) in [5.74, 6) is -2.61. The summed E-state index contributed by atoms with van der Waals surface area (Å²) < 4.78 is 75.5. The van der Waals surface area contributed by atoms with Crippen molar-refractivity contribution in [1.29, 1.82) is 0 Å². The second-order valence-corrected chi connectivity index (χ2v) is 13.1. The minimum absolute atomic E-state index is 0.0119. The van der Waals surface area contributed by atoms with E-state index in [0.29, 0.717) is 29.8 Å². The van der Waals surface area contributed by atoms with Gasteiger partial charge in [0.05, 0.1) is 33.7 Å². The molecule has 4 aromatic rings. The first kappa shape index (κ1) is 34.7. The zero-order valence-electron chi connectivity index (χ0n) is 27.6. The third-order valence-corrected chi connectivity index (χ3v) is 9.06. The van der Waals surface area contributed by atoms with Gasteiger partial charge < -0.3 is 5.32 Å². The molecule has 5 rings (SSSR count). The molecule has 1 aliphatic rings. The molecular weight excluding hydrogens is 629 g/mol. The molecule has 0 saturated heterocycles. The van der Waals surface area contributed by atoms with E-state index in [1.54, 1.807) is 41.6 Å². The number of hydrogen-bond acceptors (Lipinski definition) is 4. The topological polar surface area (TPSA) is 79.3 Å². The minimum Gasteiger partial charge on any atom is -0.305 e. The number of anilines is 1. The average Bonchev–Trinajstić information content (AvgIpc) is 3.51. The number of para-hydroxylation sites is 1. The highest BCUT2D eigenvalue weighted by atomic mass is 19.4. The third-order valence-electron chi connectivity index (χ3n) is 9.06. The number of imide groups is 1. The van der Waals surface area contributed by atoms with Crippen LogP contribution in [-0.2, 0) is 24.9 Å². The standard InChI is InChI=1S/C36H38F5N5O2/c1-7-21-15-12-16-22(8-2)29(21)46-30(25-19-45(35(5,6)31(25)44-46)20-34(3,4)36(39,40)41)24-17-27(38)28(18-26(24)37)42-33(48)43-32(47)23-13-10-9-11-14-23/h9-18H,7-8,19-20H2,1-6H3,(H2,42,43,47,48). The van der Waals surface area contributed by atoms with Gasteiger partial charge in [0.1, 0.15) is 11.6 Å². The summed E-state index contributed by atoms with van der Waals surface area (Å²) in [6, 6.07) is 14.4. The highest BCUT2D eigenvalue weighted by Crippen LogP contribution is 2.48. The van der Waals surface area contributed by atoms with Crippen LogP contribution in [0, 0.1) is 17.0 Å². The highest BCUT2D eigenvalue weighted by Gasteiger charge is 2.52. The molecule has 48 heavy (non-hydrogen) atoms. The maximum absolute atomic E-state index is 16.2. The maximum atomic E-state index is 16.2. The van der Waals surface area contributed by atoms with Crippen LogP contribution in [-0.4, -0.2) is 39.3 Å². The van der Waals surface area contributed by atoms with Gasteiger partial charge in [-0.1, -0.05) is 50.2 Å². The van der Waals surface area contributed by atoms with Crippen molar-refractivity contribution >= 4 is 17.6 Å². The second kappa shape index (κ2) is 12.8. The average molecular weight is 668 g/mol. The van der Waals surface area contributed by atoms with Gasteiger partial charge in [-0.25, -0.2) is 18.3 Å². The van der Waals surface area contributed by atoms with E-state index in [1.807, 2.05) is 32.0 Å². The van der Waals surface area contributed by atoms with Gasteiger partial charge in [-0.3, -0.25) is 15.0 Å². The quantitative estimate of drug-likeness (QED) is 0.185. The van der Waals surface area contributed by atoms with Crippen LogP contribution in [0.15, 0.2) is 60.7 Å². The number of hydrogen-bond donors (Lipinski definition) is 2. The predicted octanol–water partition coefficient (Wildman–Crippen LogP) is 8.54. The molecule has 0 radical (unpaired) electrons. The van der Waals surface area contributed by atoms with Gasteiger partial charge in [0.2, 0.25) is 0 Å². The van der Waals surface area contributed by atoms with Crippen LogP contribution in [0.25, 0.3) is 16.9 Å². The zero-order chi connectivity index (χ0) is 35.2. The van der Waals surface area contributed by atoms with Gasteiger partial charge in [0.25, 0.3) is 5.91 Å². The fourth-order valence-electron chi connectivity index (χ4n) is 6.12.